The van der Waals surface area contributed by atoms with E-state index in [9.17, 15) is 4.79 Å². The summed E-state index contributed by atoms with van der Waals surface area (Å²) in [6.07, 6.45) is 1.22. The Labute approximate surface area is 102 Å². The summed E-state index contributed by atoms with van der Waals surface area (Å²) in [5.74, 6) is 0.0978. The van der Waals surface area contributed by atoms with Gasteiger partial charge in [0, 0.05) is 6.42 Å². The first-order valence-electron chi connectivity index (χ1n) is 5.88. The Morgan fingerprint density at radius 2 is 2.00 bits per heavy atom. The fourth-order valence-corrected chi connectivity index (χ4v) is 1.65. The van der Waals surface area contributed by atoms with Gasteiger partial charge in [-0.25, -0.2) is 0 Å². The molecule has 0 aliphatic carbocycles. The van der Waals surface area contributed by atoms with Crippen LogP contribution in [0.3, 0.4) is 0 Å². The minimum atomic E-state index is -0.648. The normalized spacial score (nSPS) is 11.6. The maximum atomic E-state index is 11.7. The third-order valence-electron chi connectivity index (χ3n) is 2.47. The van der Waals surface area contributed by atoms with Crippen molar-refractivity contribution in [1.29, 1.82) is 5.26 Å². The number of hydrogen-bond donors (Lipinski definition) is 0. The van der Waals surface area contributed by atoms with Gasteiger partial charge in [0.05, 0.1) is 12.7 Å². The van der Waals surface area contributed by atoms with Crippen LogP contribution in [-0.2, 0) is 4.79 Å². The van der Waals surface area contributed by atoms with Crippen molar-refractivity contribution in [1.82, 2.24) is 0 Å². The van der Waals surface area contributed by atoms with Crippen LogP contribution < -0.4 is 4.74 Å². The van der Waals surface area contributed by atoms with Crippen molar-refractivity contribution < 1.29 is 9.53 Å². The average Bonchev–Trinajstić information content (AvgIpc) is 2.33. The van der Waals surface area contributed by atoms with E-state index in [0.29, 0.717) is 13.0 Å². The van der Waals surface area contributed by atoms with Gasteiger partial charge in [-0.3, -0.25) is 4.79 Å². The maximum Gasteiger partial charge on any atom is 0.154 e. The molecule has 17 heavy (non-hydrogen) atoms. The van der Waals surface area contributed by atoms with Crippen molar-refractivity contribution in [3.8, 4) is 11.8 Å². The van der Waals surface area contributed by atoms with Crippen molar-refractivity contribution in [3.63, 3.8) is 0 Å². The van der Waals surface area contributed by atoms with E-state index in [2.05, 4.69) is 6.07 Å². The molecule has 0 saturated carbocycles. The molecule has 1 rings (SSSR count). The molecule has 0 saturated heterocycles. The predicted molar refractivity (Wildman–Crippen MR) is 65.9 cm³/mol. The standard InChI is InChI=1S/C14H17NO2/c1-3-5-14(16)13(10-15)11-6-8-12(9-7-11)17-4-2/h6-9,13H,3-5H2,1-2H3. The molecule has 3 nitrogen and oxygen atoms in total. The smallest absolute Gasteiger partial charge is 0.154 e. The fourth-order valence-electron chi connectivity index (χ4n) is 1.65. The lowest BCUT2D eigenvalue weighted by Crippen LogP contribution is -2.10. The molecule has 0 amide bonds. The summed E-state index contributed by atoms with van der Waals surface area (Å²) in [6.45, 7) is 4.46. The van der Waals surface area contributed by atoms with Crippen LogP contribution in [0.5, 0.6) is 5.75 Å². The number of nitriles is 1. The number of rotatable bonds is 6. The summed E-state index contributed by atoms with van der Waals surface area (Å²) in [5.41, 5.74) is 0.745. The lowest BCUT2D eigenvalue weighted by Gasteiger charge is -2.09. The number of carbonyl (C=O) groups is 1. The van der Waals surface area contributed by atoms with Gasteiger partial charge in [0.1, 0.15) is 11.7 Å². The molecule has 0 spiro atoms. The van der Waals surface area contributed by atoms with Crippen molar-refractivity contribution in [2.45, 2.75) is 32.6 Å². The molecule has 0 aliphatic rings. The summed E-state index contributed by atoms with van der Waals surface area (Å²) in [4.78, 5) is 11.7. The number of Topliss-reactive ketones (excluding diaryl/α,β-unsaturated/α-hetero) is 1. The lowest BCUT2D eigenvalue weighted by molar-refractivity contribution is -0.119. The summed E-state index contributed by atoms with van der Waals surface area (Å²) in [5, 5.41) is 9.05. The van der Waals surface area contributed by atoms with Gasteiger partial charge in [-0.2, -0.15) is 5.26 Å². The average molecular weight is 231 g/mol. The van der Waals surface area contributed by atoms with E-state index in [0.717, 1.165) is 17.7 Å². The minimum Gasteiger partial charge on any atom is -0.494 e. The molecule has 0 heterocycles. The van der Waals surface area contributed by atoms with E-state index in [1.165, 1.54) is 0 Å². The summed E-state index contributed by atoms with van der Waals surface area (Å²) in [7, 11) is 0. The first-order valence-corrected chi connectivity index (χ1v) is 5.88. The van der Waals surface area contributed by atoms with Crippen LogP contribution in [0.25, 0.3) is 0 Å². The third-order valence-corrected chi connectivity index (χ3v) is 2.47. The number of carbonyl (C=O) groups excluding carboxylic acids is 1. The van der Waals surface area contributed by atoms with Crippen LogP contribution in [0.2, 0.25) is 0 Å². The van der Waals surface area contributed by atoms with Crippen molar-refractivity contribution in [3.05, 3.63) is 29.8 Å². The topological polar surface area (TPSA) is 50.1 Å². The summed E-state index contributed by atoms with van der Waals surface area (Å²) in [6, 6.07) is 9.22. The predicted octanol–water partition coefficient (Wildman–Crippen LogP) is 3.06. The molecule has 1 unspecified atom stereocenters. The molecular weight excluding hydrogens is 214 g/mol. The van der Waals surface area contributed by atoms with Crippen molar-refractivity contribution in [2.75, 3.05) is 6.61 Å². The second-order valence-corrected chi connectivity index (χ2v) is 3.78. The van der Waals surface area contributed by atoms with Crippen LogP contribution >= 0.6 is 0 Å². The molecule has 0 radical (unpaired) electrons. The van der Waals surface area contributed by atoms with Gasteiger partial charge in [0.25, 0.3) is 0 Å². The molecular formula is C14H17NO2. The second kappa shape index (κ2) is 6.70. The van der Waals surface area contributed by atoms with Gasteiger partial charge >= 0.3 is 0 Å². The monoisotopic (exact) mass is 231 g/mol. The molecule has 0 aromatic heterocycles. The lowest BCUT2D eigenvalue weighted by atomic mass is 9.94. The highest BCUT2D eigenvalue weighted by molar-refractivity contribution is 5.88. The Kier molecular flexibility index (Phi) is 5.22. The summed E-state index contributed by atoms with van der Waals surface area (Å²) < 4.78 is 5.31. The molecule has 3 heteroatoms. The third kappa shape index (κ3) is 3.60. The Hall–Kier alpha value is -1.82. The molecule has 0 bridgehead atoms. The minimum absolute atomic E-state index is 0.0147. The highest BCUT2D eigenvalue weighted by Gasteiger charge is 2.18. The SMILES string of the molecule is CCCC(=O)C(C#N)c1ccc(OCC)cc1. The van der Waals surface area contributed by atoms with E-state index >= 15 is 0 Å². The molecule has 90 valence electrons. The molecule has 0 N–H and O–H groups in total. The molecule has 0 aliphatic heterocycles. The first-order chi connectivity index (χ1) is 8.22. The van der Waals surface area contributed by atoms with Gasteiger partial charge in [-0.15, -0.1) is 0 Å². The van der Waals surface area contributed by atoms with Crippen molar-refractivity contribution in [2.24, 2.45) is 0 Å². The van der Waals surface area contributed by atoms with Crippen LogP contribution in [0.4, 0.5) is 0 Å². The zero-order valence-corrected chi connectivity index (χ0v) is 10.3. The second-order valence-electron chi connectivity index (χ2n) is 3.78. The van der Waals surface area contributed by atoms with Crippen LogP contribution in [0.1, 0.15) is 38.2 Å². The molecule has 1 aromatic rings. The number of ether oxygens (including phenoxy) is 1. The largest absolute Gasteiger partial charge is 0.494 e. The zero-order chi connectivity index (χ0) is 12.7. The van der Waals surface area contributed by atoms with E-state index in [-0.39, 0.29) is 5.78 Å². The van der Waals surface area contributed by atoms with E-state index in [1.807, 2.05) is 13.8 Å². The van der Waals surface area contributed by atoms with Gasteiger partial charge in [-0.1, -0.05) is 19.1 Å². The number of benzene rings is 1. The Bertz CT molecular complexity index is 403. The number of hydrogen-bond acceptors (Lipinski definition) is 3. The quantitative estimate of drug-likeness (QED) is 0.756. The fraction of sp³-hybridized carbons (Fsp3) is 0.429. The molecule has 1 atom stereocenters. The summed E-state index contributed by atoms with van der Waals surface area (Å²) >= 11 is 0. The highest BCUT2D eigenvalue weighted by atomic mass is 16.5. The molecule has 0 fully saturated rings. The Morgan fingerprint density at radius 1 is 1.35 bits per heavy atom. The maximum absolute atomic E-state index is 11.7. The van der Waals surface area contributed by atoms with Crippen molar-refractivity contribution >= 4 is 5.78 Å². The zero-order valence-electron chi connectivity index (χ0n) is 10.3. The number of ketones is 1. The Morgan fingerprint density at radius 3 is 2.47 bits per heavy atom. The van der Waals surface area contributed by atoms with Gasteiger partial charge in [0.15, 0.2) is 5.78 Å². The van der Waals surface area contributed by atoms with Gasteiger partial charge in [-0.05, 0) is 31.0 Å². The van der Waals surface area contributed by atoms with E-state index in [1.54, 1.807) is 24.3 Å². The van der Waals surface area contributed by atoms with Gasteiger partial charge < -0.3 is 4.74 Å². The van der Waals surface area contributed by atoms with E-state index < -0.39 is 5.92 Å². The molecule has 1 aromatic carbocycles. The number of nitrogens with zero attached hydrogens (tertiary/aromatic N) is 1. The van der Waals surface area contributed by atoms with E-state index in [4.69, 9.17) is 10.00 Å². The highest BCUT2D eigenvalue weighted by Crippen LogP contribution is 2.21. The van der Waals surface area contributed by atoms with Crippen LogP contribution in [0.15, 0.2) is 24.3 Å². The van der Waals surface area contributed by atoms with Crippen LogP contribution in [0, 0.1) is 11.3 Å². The van der Waals surface area contributed by atoms with Gasteiger partial charge in [0.2, 0.25) is 0 Å². The first kappa shape index (κ1) is 13.2. The Balaban J connectivity index is 2.83. The van der Waals surface area contributed by atoms with Crippen LogP contribution in [-0.4, -0.2) is 12.4 Å².